The van der Waals surface area contributed by atoms with Crippen LogP contribution in [0.3, 0.4) is 0 Å². The number of methoxy groups -OCH3 is 2. The largest absolute Gasteiger partial charge is 0.493 e. The number of carbonyl (C=O) groups is 3. The molecule has 4 N–H and O–H groups in total. The Labute approximate surface area is 218 Å². The van der Waals surface area contributed by atoms with Crippen molar-refractivity contribution in [1.29, 1.82) is 0 Å². The monoisotopic (exact) mass is 552 g/mol. The number of thiazole rings is 1. The summed E-state index contributed by atoms with van der Waals surface area (Å²) in [7, 11) is 6.20. The second-order valence-electron chi connectivity index (χ2n) is 6.25. The standard InChI is InChI=1S/C19H24N6O5S2.2ClH/c1-20-17(31)21-7-8-25(2)19(28)24-16(27)12-10-32-18(22-12)23-15(26)11-5-6-13(29-3)14(9-11)30-4;;/h5-6,9-10H,7-8H2,1-4H3,(H2,20,21,31)(H,22,23,26)(H,24,27,28);2*1H. The third-order valence-electron chi connectivity index (χ3n) is 4.13. The summed E-state index contributed by atoms with van der Waals surface area (Å²) in [6.45, 7) is 0.742. The van der Waals surface area contributed by atoms with Crippen molar-refractivity contribution in [2.45, 2.75) is 0 Å². The number of hydrogen-bond acceptors (Lipinski definition) is 8. The molecule has 1 heterocycles. The van der Waals surface area contributed by atoms with Gasteiger partial charge in [-0.15, -0.1) is 36.2 Å². The van der Waals surface area contributed by atoms with Crippen molar-refractivity contribution >= 4 is 76.5 Å². The normalized spacial score (nSPS) is 9.41. The van der Waals surface area contributed by atoms with E-state index in [4.69, 9.17) is 21.7 Å². The number of aromatic nitrogens is 1. The van der Waals surface area contributed by atoms with Crippen LogP contribution in [0.2, 0.25) is 0 Å². The van der Waals surface area contributed by atoms with Gasteiger partial charge in [-0.2, -0.15) is 0 Å². The maximum absolute atomic E-state index is 12.5. The summed E-state index contributed by atoms with van der Waals surface area (Å²) in [6, 6.07) is 4.13. The molecule has 188 valence electrons. The summed E-state index contributed by atoms with van der Waals surface area (Å²) in [4.78, 5) is 42.3. The summed E-state index contributed by atoms with van der Waals surface area (Å²) in [6.07, 6.45) is 0. The molecule has 0 saturated heterocycles. The van der Waals surface area contributed by atoms with Gasteiger partial charge in [0, 0.05) is 38.1 Å². The molecule has 0 aliphatic carbocycles. The molecule has 0 atom stereocenters. The highest BCUT2D eigenvalue weighted by Gasteiger charge is 2.18. The topological polar surface area (TPSA) is 134 Å². The number of amides is 4. The molecule has 2 aromatic rings. The van der Waals surface area contributed by atoms with Crippen molar-refractivity contribution in [3.63, 3.8) is 0 Å². The van der Waals surface area contributed by atoms with E-state index in [1.165, 1.54) is 30.6 Å². The van der Waals surface area contributed by atoms with Crippen LogP contribution in [0.1, 0.15) is 20.8 Å². The molecule has 0 aliphatic rings. The number of anilines is 1. The number of halogens is 2. The average Bonchev–Trinajstić information content (AvgIpc) is 3.26. The van der Waals surface area contributed by atoms with Gasteiger partial charge in [-0.05, 0) is 30.4 Å². The highest BCUT2D eigenvalue weighted by molar-refractivity contribution is 7.80. The third kappa shape index (κ3) is 8.82. The molecule has 0 radical (unpaired) electrons. The molecule has 0 aliphatic heterocycles. The fraction of sp³-hybridized carbons (Fsp3) is 0.316. The summed E-state index contributed by atoms with van der Waals surface area (Å²) >= 11 is 6.01. The summed E-state index contributed by atoms with van der Waals surface area (Å²) in [5.74, 6) is -0.212. The second-order valence-corrected chi connectivity index (χ2v) is 7.51. The van der Waals surface area contributed by atoms with E-state index in [0.717, 1.165) is 11.3 Å². The Balaban J connectivity index is 0.00000544. The number of benzene rings is 1. The molecule has 0 saturated carbocycles. The van der Waals surface area contributed by atoms with Gasteiger partial charge in [0.1, 0.15) is 5.69 Å². The lowest BCUT2D eigenvalue weighted by Gasteiger charge is -2.17. The molecule has 4 amide bonds. The van der Waals surface area contributed by atoms with Crippen LogP contribution in [0, 0.1) is 0 Å². The molecular formula is C19H26Cl2N6O5S2. The fourth-order valence-electron chi connectivity index (χ4n) is 2.37. The number of urea groups is 1. The van der Waals surface area contributed by atoms with E-state index in [1.807, 2.05) is 0 Å². The summed E-state index contributed by atoms with van der Waals surface area (Å²) in [5.41, 5.74) is 0.334. The number of likely N-dealkylation sites (N-methyl/N-ethyl adjacent to an activating group) is 1. The Morgan fingerprint density at radius 3 is 2.41 bits per heavy atom. The first-order valence-electron chi connectivity index (χ1n) is 9.30. The number of nitrogens with zero attached hydrogens (tertiary/aromatic N) is 2. The molecule has 34 heavy (non-hydrogen) atoms. The van der Waals surface area contributed by atoms with Crippen LogP contribution < -0.4 is 30.7 Å². The SMILES string of the molecule is CNC(=S)NCCN(C)C(=O)NC(=O)c1csc(NC(=O)c2ccc(OC)c(OC)c2)n1.Cl.Cl. The van der Waals surface area contributed by atoms with E-state index in [9.17, 15) is 14.4 Å². The number of rotatable bonds is 8. The third-order valence-corrected chi connectivity index (χ3v) is 5.24. The first-order valence-corrected chi connectivity index (χ1v) is 10.6. The fourth-order valence-corrected chi connectivity index (χ4v) is 3.15. The van der Waals surface area contributed by atoms with E-state index in [-0.39, 0.29) is 35.6 Å². The Bertz CT molecular complexity index is 1010. The lowest BCUT2D eigenvalue weighted by Crippen LogP contribution is -2.44. The zero-order chi connectivity index (χ0) is 23.7. The minimum Gasteiger partial charge on any atom is -0.493 e. The van der Waals surface area contributed by atoms with E-state index in [2.05, 4.69) is 26.3 Å². The Hall–Kier alpha value is -2.87. The van der Waals surface area contributed by atoms with Crippen LogP contribution in [-0.2, 0) is 0 Å². The maximum Gasteiger partial charge on any atom is 0.324 e. The zero-order valence-electron chi connectivity index (χ0n) is 18.8. The van der Waals surface area contributed by atoms with E-state index in [1.54, 1.807) is 26.2 Å². The lowest BCUT2D eigenvalue weighted by atomic mass is 10.2. The number of hydrogen-bond donors (Lipinski definition) is 4. The van der Waals surface area contributed by atoms with E-state index >= 15 is 0 Å². The quantitative estimate of drug-likeness (QED) is 0.363. The molecule has 0 spiro atoms. The molecule has 2 rings (SSSR count). The van der Waals surface area contributed by atoms with E-state index in [0.29, 0.717) is 35.3 Å². The summed E-state index contributed by atoms with van der Waals surface area (Å²) in [5, 5.41) is 12.6. The van der Waals surface area contributed by atoms with Crippen molar-refractivity contribution in [1.82, 2.24) is 25.8 Å². The minimum atomic E-state index is -0.677. The van der Waals surface area contributed by atoms with Gasteiger partial charge in [0.05, 0.1) is 14.2 Å². The molecule has 0 unspecified atom stereocenters. The molecular weight excluding hydrogens is 527 g/mol. The first-order chi connectivity index (χ1) is 15.3. The van der Waals surface area contributed by atoms with E-state index < -0.39 is 17.8 Å². The van der Waals surface area contributed by atoms with Crippen molar-refractivity contribution in [2.24, 2.45) is 0 Å². The van der Waals surface area contributed by atoms with Crippen LogP contribution in [0.25, 0.3) is 0 Å². The zero-order valence-corrected chi connectivity index (χ0v) is 22.1. The van der Waals surface area contributed by atoms with Gasteiger partial charge in [-0.3, -0.25) is 20.2 Å². The lowest BCUT2D eigenvalue weighted by molar-refractivity contribution is 0.0948. The van der Waals surface area contributed by atoms with Crippen molar-refractivity contribution in [2.75, 3.05) is 46.7 Å². The predicted molar refractivity (Wildman–Crippen MR) is 139 cm³/mol. The van der Waals surface area contributed by atoms with Crippen LogP contribution >= 0.6 is 48.4 Å². The van der Waals surface area contributed by atoms with Gasteiger partial charge in [0.2, 0.25) is 0 Å². The maximum atomic E-state index is 12.5. The molecule has 1 aromatic carbocycles. The number of thiocarbonyl (C=S) groups is 1. The number of imide groups is 1. The van der Waals surface area contributed by atoms with Crippen LogP contribution in [-0.4, -0.2) is 74.2 Å². The van der Waals surface area contributed by atoms with Gasteiger partial charge in [0.15, 0.2) is 21.7 Å². The first kappa shape index (κ1) is 31.1. The highest BCUT2D eigenvalue weighted by Crippen LogP contribution is 2.28. The smallest absolute Gasteiger partial charge is 0.324 e. The van der Waals surface area contributed by atoms with Gasteiger partial charge in [-0.1, -0.05) is 0 Å². The van der Waals surface area contributed by atoms with Gasteiger partial charge < -0.3 is 25.0 Å². The number of ether oxygens (including phenoxy) is 2. The number of carbonyl (C=O) groups excluding carboxylic acids is 3. The van der Waals surface area contributed by atoms with Crippen LogP contribution in [0.5, 0.6) is 11.5 Å². The highest BCUT2D eigenvalue weighted by atomic mass is 35.5. The van der Waals surface area contributed by atoms with Crippen molar-refractivity contribution < 1.29 is 23.9 Å². The molecule has 1 aromatic heterocycles. The Morgan fingerprint density at radius 2 is 1.79 bits per heavy atom. The minimum absolute atomic E-state index is 0. The Kier molecular flexibility index (Phi) is 13.8. The van der Waals surface area contributed by atoms with Gasteiger partial charge in [-0.25, -0.2) is 9.78 Å². The molecule has 11 nitrogen and oxygen atoms in total. The van der Waals surface area contributed by atoms with Crippen molar-refractivity contribution in [3.8, 4) is 11.5 Å². The molecule has 0 bridgehead atoms. The van der Waals surface area contributed by atoms with Gasteiger partial charge in [0.25, 0.3) is 11.8 Å². The Morgan fingerprint density at radius 1 is 1.12 bits per heavy atom. The molecule has 0 fully saturated rings. The second kappa shape index (κ2) is 15.1. The summed E-state index contributed by atoms with van der Waals surface area (Å²) < 4.78 is 10.3. The number of nitrogens with one attached hydrogen (secondary N) is 4. The van der Waals surface area contributed by atoms with Crippen molar-refractivity contribution in [3.05, 3.63) is 34.8 Å². The molecule has 15 heteroatoms. The average molecular weight is 553 g/mol. The predicted octanol–water partition coefficient (Wildman–Crippen LogP) is 2.13. The van der Waals surface area contributed by atoms with Crippen LogP contribution in [0.4, 0.5) is 9.93 Å². The van der Waals surface area contributed by atoms with Gasteiger partial charge >= 0.3 is 6.03 Å². The van der Waals surface area contributed by atoms with Crippen LogP contribution in [0.15, 0.2) is 23.6 Å².